The Morgan fingerprint density at radius 3 is 2.68 bits per heavy atom. The highest BCUT2D eigenvalue weighted by Crippen LogP contribution is 2.35. The van der Waals surface area contributed by atoms with Gasteiger partial charge >= 0.3 is 0 Å². The van der Waals surface area contributed by atoms with Crippen LogP contribution in [0.25, 0.3) is 16.9 Å². The first-order valence-corrected chi connectivity index (χ1v) is 7.28. The van der Waals surface area contributed by atoms with Crippen molar-refractivity contribution in [3.05, 3.63) is 41.7 Å². The molecule has 0 radical (unpaired) electrons. The summed E-state index contributed by atoms with van der Waals surface area (Å²) in [6, 6.07) is 7.88. The molecule has 0 spiro atoms. The van der Waals surface area contributed by atoms with E-state index >= 15 is 0 Å². The van der Waals surface area contributed by atoms with Crippen LogP contribution in [0.5, 0.6) is 11.5 Å². The highest BCUT2D eigenvalue weighted by atomic mass is 16.6. The summed E-state index contributed by atoms with van der Waals surface area (Å²) < 4.78 is 13.3. The highest BCUT2D eigenvalue weighted by Gasteiger charge is 2.16. The second kappa shape index (κ2) is 4.66. The first-order valence-electron chi connectivity index (χ1n) is 7.28. The third-order valence-electron chi connectivity index (χ3n) is 3.98. The van der Waals surface area contributed by atoms with Crippen LogP contribution in [0.15, 0.2) is 30.5 Å². The van der Waals surface area contributed by atoms with Crippen molar-refractivity contribution >= 4 is 11.3 Å². The lowest BCUT2D eigenvalue weighted by Gasteiger charge is -2.18. The molecule has 0 bridgehead atoms. The van der Waals surface area contributed by atoms with Crippen LogP contribution >= 0.6 is 0 Å². The molecular formula is C17H17N3O2. The normalized spacial score (nSPS) is 13.5. The van der Waals surface area contributed by atoms with E-state index in [2.05, 4.69) is 0 Å². The predicted molar refractivity (Wildman–Crippen MR) is 85.5 cm³/mol. The van der Waals surface area contributed by atoms with Crippen molar-refractivity contribution in [2.45, 2.75) is 13.8 Å². The summed E-state index contributed by atoms with van der Waals surface area (Å²) in [6.07, 6.45) is 1.91. The molecule has 0 aliphatic carbocycles. The smallest absolute Gasteiger partial charge is 0.162 e. The zero-order valence-corrected chi connectivity index (χ0v) is 12.6. The Kier molecular flexibility index (Phi) is 2.76. The van der Waals surface area contributed by atoms with Gasteiger partial charge in [0, 0.05) is 23.1 Å². The summed E-state index contributed by atoms with van der Waals surface area (Å²) in [5.74, 6) is 1.56. The number of nitrogen functional groups attached to an aromatic ring is 1. The van der Waals surface area contributed by atoms with Crippen molar-refractivity contribution in [1.29, 1.82) is 0 Å². The largest absolute Gasteiger partial charge is 0.486 e. The number of aromatic nitrogens is 2. The Labute approximate surface area is 128 Å². The molecule has 0 unspecified atom stereocenters. The van der Waals surface area contributed by atoms with E-state index in [9.17, 15) is 0 Å². The van der Waals surface area contributed by atoms with E-state index in [-0.39, 0.29) is 0 Å². The maximum Gasteiger partial charge on any atom is 0.162 e. The number of hydrogen-bond donors (Lipinski definition) is 1. The lowest BCUT2D eigenvalue weighted by molar-refractivity contribution is 0.171. The number of imidazole rings is 1. The Hall–Kier alpha value is -2.69. The van der Waals surface area contributed by atoms with Gasteiger partial charge in [-0.05, 0) is 43.7 Å². The summed E-state index contributed by atoms with van der Waals surface area (Å²) in [5.41, 5.74) is 11.7. The van der Waals surface area contributed by atoms with Gasteiger partial charge in [0.25, 0.3) is 0 Å². The quantitative estimate of drug-likeness (QED) is 0.749. The molecule has 112 valence electrons. The van der Waals surface area contributed by atoms with Crippen LogP contribution in [0.1, 0.15) is 11.3 Å². The Balaban J connectivity index is 1.91. The molecule has 3 aromatic rings. The second-order valence-electron chi connectivity index (χ2n) is 5.55. The molecule has 5 nitrogen and oxygen atoms in total. The Bertz CT molecular complexity index is 883. The summed E-state index contributed by atoms with van der Waals surface area (Å²) in [7, 11) is 0. The minimum absolute atomic E-state index is 0.580. The van der Waals surface area contributed by atoms with E-state index in [1.807, 2.05) is 48.7 Å². The molecule has 0 amide bonds. The maximum atomic E-state index is 5.95. The maximum absolute atomic E-state index is 5.95. The molecule has 0 saturated heterocycles. The van der Waals surface area contributed by atoms with Gasteiger partial charge in [0.1, 0.15) is 18.9 Å². The molecule has 1 aliphatic heterocycles. The highest BCUT2D eigenvalue weighted by molar-refractivity contribution is 5.71. The first kappa shape index (κ1) is 13.0. The van der Waals surface area contributed by atoms with Gasteiger partial charge in [0.15, 0.2) is 11.5 Å². The zero-order chi connectivity index (χ0) is 15.3. The molecule has 5 heteroatoms. The number of fused-ring (bicyclic) bond motifs is 2. The van der Waals surface area contributed by atoms with E-state index in [1.165, 1.54) is 0 Å². The second-order valence-corrected chi connectivity index (χ2v) is 5.55. The van der Waals surface area contributed by atoms with E-state index in [4.69, 9.17) is 20.2 Å². The summed E-state index contributed by atoms with van der Waals surface area (Å²) in [6.45, 7) is 5.24. The van der Waals surface area contributed by atoms with Gasteiger partial charge in [-0.2, -0.15) is 0 Å². The molecule has 1 aromatic carbocycles. The van der Waals surface area contributed by atoms with Gasteiger partial charge in [-0.1, -0.05) is 0 Å². The summed E-state index contributed by atoms with van der Waals surface area (Å²) in [4.78, 5) is 4.78. The van der Waals surface area contributed by atoms with Crippen molar-refractivity contribution < 1.29 is 9.47 Å². The van der Waals surface area contributed by atoms with Crippen molar-refractivity contribution in [3.63, 3.8) is 0 Å². The fourth-order valence-electron chi connectivity index (χ4n) is 2.91. The van der Waals surface area contributed by atoms with E-state index in [0.717, 1.165) is 45.3 Å². The molecule has 3 heterocycles. The number of aryl methyl sites for hydroxylation is 2. The lowest BCUT2D eigenvalue weighted by Crippen LogP contribution is -2.15. The van der Waals surface area contributed by atoms with Gasteiger partial charge in [0.2, 0.25) is 0 Å². The number of anilines is 1. The average molecular weight is 295 g/mol. The van der Waals surface area contributed by atoms with Gasteiger partial charge < -0.3 is 19.6 Å². The number of ether oxygens (including phenoxy) is 2. The first-order chi connectivity index (χ1) is 10.6. The number of pyridine rings is 1. The fraction of sp³-hybridized carbons (Fsp3) is 0.235. The van der Waals surface area contributed by atoms with Gasteiger partial charge in [-0.15, -0.1) is 0 Å². The zero-order valence-electron chi connectivity index (χ0n) is 12.6. The van der Waals surface area contributed by atoms with Crippen LogP contribution in [0.3, 0.4) is 0 Å². The molecule has 1 aliphatic rings. The van der Waals surface area contributed by atoms with Crippen LogP contribution in [-0.2, 0) is 0 Å². The molecule has 0 fully saturated rings. The molecular weight excluding hydrogens is 278 g/mol. The summed E-state index contributed by atoms with van der Waals surface area (Å²) in [5, 5.41) is 0. The van der Waals surface area contributed by atoms with Gasteiger partial charge in [-0.25, -0.2) is 4.98 Å². The van der Waals surface area contributed by atoms with Crippen molar-refractivity contribution in [1.82, 2.24) is 9.38 Å². The van der Waals surface area contributed by atoms with Crippen LogP contribution < -0.4 is 15.2 Å². The van der Waals surface area contributed by atoms with Crippen LogP contribution in [0.2, 0.25) is 0 Å². The number of hydrogen-bond acceptors (Lipinski definition) is 4. The third-order valence-corrected chi connectivity index (χ3v) is 3.98. The Morgan fingerprint density at radius 2 is 1.86 bits per heavy atom. The lowest BCUT2D eigenvalue weighted by atomic mass is 10.1. The van der Waals surface area contributed by atoms with E-state index in [1.54, 1.807) is 0 Å². The number of rotatable bonds is 1. The number of nitrogens with two attached hydrogens (primary N) is 1. The summed E-state index contributed by atoms with van der Waals surface area (Å²) >= 11 is 0. The molecule has 0 saturated carbocycles. The average Bonchev–Trinajstić information content (AvgIpc) is 2.84. The third kappa shape index (κ3) is 1.89. The SMILES string of the molecule is Cc1cc(N)cn2c(C)c(-c3ccc4c(c3)OCCO4)nc12. The van der Waals surface area contributed by atoms with Gasteiger partial charge in [0.05, 0.1) is 5.69 Å². The molecule has 22 heavy (non-hydrogen) atoms. The monoisotopic (exact) mass is 295 g/mol. The molecule has 4 rings (SSSR count). The molecule has 0 atom stereocenters. The molecule has 2 N–H and O–H groups in total. The predicted octanol–water partition coefficient (Wildman–Crippen LogP) is 2.97. The topological polar surface area (TPSA) is 61.8 Å². The standard InChI is InChI=1S/C17H17N3O2/c1-10-7-13(18)9-20-11(2)16(19-17(10)20)12-3-4-14-15(8-12)22-6-5-21-14/h3-4,7-9H,5-6,18H2,1-2H3. The van der Waals surface area contributed by atoms with Crippen LogP contribution in [0.4, 0.5) is 5.69 Å². The van der Waals surface area contributed by atoms with E-state index in [0.29, 0.717) is 13.2 Å². The van der Waals surface area contributed by atoms with Crippen molar-refractivity contribution in [3.8, 4) is 22.8 Å². The van der Waals surface area contributed by atoms with Crippen LogP contribution in [0, 0.1) is 13.8 Å². The van der Waals surface area contributed by atoms with E-state index < -0.39 is 0 Å². The van der Waals surface area contributed by atoms with Crippen molar-refractivity contribution in [2.75, 3.05) is 18.9 Å². The van der Waals surface area contributed by atoms with Crippen molar-refractivity contribution in [2.24, 2.45) is 0 Å². The molecule has 2 aromatic heterocycles. The number of benzene rings is 1. The van der Waals surface area contributed by atoms with Gasteiger partial charge in [-0.3, -0.25) is 0 Å². The minimum atomic E-state index is 0.580. The van der Waals surface area contributed by atoms with Crippen LogP contribution in [-0.4, -0.2) is 22.6 Å². The Morgan fingerprint density at radius 1 is 1.09 bits per heavy atom. The minimum Gasteiger partial charge on any atom is -0.486 e. The number of nitrogens with zero attached hydrogens (tertiary/aromatic N) is 2. The fourth-order valence-corrected chi connectivity index (χ4v) is 2.91.